The summed E-state index contributed by atoms with van der Waals surface area (Å²) in [4.78, 5) is 24.4. The lowest BCUT2D eigenvalue weighted by Crippen LogP contribution is -2.39. The highest BCUT2D eigenvalue weighted by molar-refractivity contribution is 7.47. The number of phosphoric acid groups is 1. The Balaban J connectivity index is 1.92. The largest absolute Gasteiger partial charge is 0.472 e. The number of imidazole rings is 1. The van der Waals surface area contributed by atoms with Crippen LogP contribution in [0.3, 0.4) is 0 Å². The Morgan fingerprint density at radius 3 is 2.95 bits per heavy atom. The molecule has 3 rings (SSSR count). The summed E-state index contributed by atoms with van der Waals surface area (Å²) in [5.41, 5.74) is 10.6. The monoisotopic (exact) mass is 320 g/mol. The van der Waals surface area contributed by atoms with Gasteiger partial charge >= 0.3 is 7.82 Å². The molecule has 0 bridgehead atoms. The average molecular weight is 320 g/mol. The third-order valence-electron chi connectivity index (χ3n) is 3.30. The van der Waals surface area contributed by atoms with Crippen LogP contribution in [0, 0.1) is 0 Å². The highest BCUT2D eigenvalue weighted by Gasteiger charge is 2.52. The smallest absolute Gasteiger partial charge is 0.386 e. The normalized spacial score (nSPS) is 39.1. The van der Waals surface area contributed by atoms with Gasteiger partial charge in [0, 0.05) is 0 Å². The number of hydrogen-bond donors (Lipinski definition) is 4. The summed E-state index contributed by atoms with van der Waals surface area (Å²) in [5, 5.41) is 10.2. The first kappa shape index (κ1) is 14.4. The summed E-state index contributed by atoms with van der Waals surface area (Å²) in [7, 11) is -4.22. The molecule has 0 spiro atoms. The van der Waals surface area contributed by atoms with E-state index in [0.29, 0.717) is 0 Å². The van der Waals surface area contributed by atoms with Gasteiger partial charge in [0.2, 0.25) is 0 Å². The number of ether oxygens (including phenoxy) is 1. The molecule has 0 radical (unpaired) electrons. The van der Waals surface area contributed by atoms with Crippen LogP contribution in [-0.4, -0.2) is 50.4 Å². The van der Waals surface area contributed by atoms with Gasteiger partial charge in [0.1, 0.15) is 18.3 Å². The topological polar surface area (TPSA) is 172 Å². The van der Waals surface area contributed by atoms with Gasteiger partial charge in [0.25, 0.3) is 5.91 Å². The molecule has 5 atom stereocenters. The molecule has 5 unspecified atom stereocenters. The van der Waals surface area contributed by atoms with Crippen molar-refractivity contribution >= 4 is 19.5 Å². The molecule has 2 aliphatic rings. The molecule has 3 heterocycles. The van der Waals surface area contributed by atoms with E-state index in [-0.39, 0.29) is 18.1 Å². The van der Waals surface area contributed by atoms with E-state index in [1.54, 1.807) is 0 Å². The van der Waals surface area contributed by atoms with Gasteiger partial charge in [-0.2, -0.15) is 0 Å². The van der Waals surface area contributed by atoms with E-state index in [1.165, 1.54) is 6.33 Å². The first-order valence-electron chi connectivity index (χ1n) is 5.91. The number of amides is 1. The summed E-state index contributed by atoms with van der Waals surface area (Å²) in [6, 6.07) is 0. The van der Waals surface area contributed by atoms with Crippen molar-refractivity contribution in [2.24, 2.45) is 5.73 Å². The van der Waals surface area contributed by atoms with Crippen LogP contribution in [0.15, 0.2) is 6.33 Å². The predicted octanol–water partition coefficient (Wildman–Crippen LogP) is -1.66. The quantitative estimate of drug-likeness (QED) is 0.465. The number of rotatable bonds is 2. The maximum Gasteiger partial charge on any atom is 0.472 e. The second-order valence-corrected chi connectivity index (χ2v) is 6.05. The number of fused-ring (bicyclic) bond motifs is 1. The van der Waals surface area contributed by atoms with E-state index in [9.17, 15) is 19.4 Å². The zero-order chi connectivity index (χ0) is 15.4. The number of carbonyl (C=O) groups is 1. The zero-order valence-corrected chi connectivity index (χ0v) is 11.4. The first-order chi connectivity index (χ1) is 9.80. The highest BCUT2D eigenvalue weighted by Crippen LogP contribution is 2.52. The lowest BCUT2D eigenvalue weighted by Gasteiger charge is -2.27. The van der Waals surface area contributed by atoms with Crippen molar-refractivity contribution in [3.63, 3.8) is 0 Å². The van der Waals surface area contributed by atoms with Crippen molar-refractivity contribution in [3.8, 4) is 0 Å². The number of primary amides is 1. The van der Waals surface area contributed by atoms with E-state index in [1.807, 2.05) is 0 Å². The molecule has 2 saturated heterocycles. The van der Waals surface area contributed by atoms with Crippen LogP contribution < -0.4 is 11.5 Å². The van der Waals surface area contributed by atoms with Crippen LogP contribution in [0.25, 0.3) is 0 Å². The second kappa shape index (κ2) is 4.77. The fourth-order valence-corrected chi connectivity index (χ4v) is 3.35. The Labute approximate surface area is 118 Å². The Hall–Kier alpha value is -1.49. The zero-order valence-electron chi connectivity index (χ0n) is 10.5. The average Bonchev–Trinajstić information content (AvgIpc) is 2.90. The van der Waals surface area contributed by atoms with Crippen LogP contribution in [0.5, 0.6) is 0 Å². The Morgan fingerprint density at radius 2 is 2.29 bits per heavy atom. The number of hydrogen-bond acceptors (Lipinski definition) is 8. The number of aliphatic hydroxyl groups is 1. The van der Waals surface area contributed by atoms with Gasteiger partial charge in [-0.05, 0) is 0 Å². The second-order valence-electron chi connectivity index (χ2n) is 4.64. The molecule has 12 heteroatoms. The summed E-state index contributed by atoms with van der Waals surface area (Å²) in [6.07, 6.45) is -3.09. The molecule has 2 aliphatic heterocycles. The molecule has 1 aromatic rings. The van der Waals surface area contributed by atoms with Crippen molar-refractivity contribution in [3.05, 3.63) is 12.0 Å². The van der Waals surface area contributed by atoms with Gasteiger partial charge in [0.05, 0.1) is 12.9 Å². The maximum absolute atomic E-state index is 11.4. The Kier molecular flexibility index (Phi) is 3.28. The molecule has 0 aliphatic carbocycles. The van der Waals surface area contributed by atoms with Crippen LogP contribution in [0.2, 0.25) is 0 Å². The van der Waals surface area contributed by atoms with E-state index in [4.69, 9.17) is 20.7 Å². The standard InChI is InChI=1S/C9H13N4O7P/c10-7-4(8(11)15)13(2-12-7)9-5(14)6-3(19-9)1-18-21(16,17)20-6/h2-3,5-6,9,14H,1,10H2,(H2,11,15)(H,16,17). The summed E-state index contributed by atoms with van der Waals surface area (Å²) >= 11 is 0. The predicted molar refractivity (Wildman–Crippen MR) is 65.7 cm³/mol. The van der Waals surface area contributed by atoms with Crippen LogP contribution >= 0.6 is 7.82 Å². The Morgan fingerprint density at radius 1 is 1.57 bits per heavy atom. The van der Waals surface area contributed by atoms with Crippen molar-refractivity contribution in [2.75, 3.05) is 12.3 Å². The number of aromatic nitrogens is 2. The van der Waals surface area contributed by atoms with Crippen molar-refractivity contribution in [1.82, 2.24) is 9.55 Å². The molecular weight excluding hydrogens is 307 g/mol. The van der Waals surface area contributed by atoms with Gasteiger partial charge in [-0.15, -0.1) is 0 Å². The number of nitrogen functional groups attached to an aromatic ring is 1. The van der Waals surface area contributed by atoms with Gasteiger partial charge < -0.3 is 26.2 Å². The molecule has 0 aromatic carbocycles. The molecule has 2 fully saturated rings. The summed E-state index contributed by atoms with van der Waals surface area (Å²) in [6.45, 7) is -0.234. The number of aliphatic hydroxyl groups excluding tert-OH is 1. The SMILES string of the molecule is NC(=O)c1c(N)ncn1C1OC2COP(=O)(O)OC2C1O. The molecule has 21 heavy (non-hydrogen) atoms. The number of phosphoric ester groups is 1. The van der Waals surface area contributed by atoms with Crippen LogP contribution in [0.1, 0.15) is 16.7 Å². The third kappa shape index (κ3) is 2.33. The van der Waals surface area contributed by atoms with Crippen molar-refractivity contribution < 1.29 is 33.1 Å². The molecule has 116 valence electrons. The molecule has 6 N–H and O–H groups in total. The van der Waals surface area contributed by atoms with Gasteiger partial charge in [-0.3, -0.25) is 18.4 Å². The lowest BCUT2D eigenvalue weighted by atomic mass is 10.1. The van der Waals surface area contributed by atoms with Crippen LogP contribution in [-0.2, 0) is 18.3 Å². The molecular formula is C9H13N4O7P. The fraction of sp³-hybridized carbons (Fsp3) is 0.556. The summed E-state index contributed by atoms with van der Waals surface area (Å²) < 4.78 is 27.4. The van der Waals surface area contributed by atoms with E-state index in [0.717, 1.165) is 4.57 Å². The third-order valence-corrected chi connectivity index (χ3v) is 4.28. The van der Waals surface area contributed by atoms with Crippen molar-refractivity contribution in [1.29, 1.82) is 0 Å². The minimum absolute atomic E-state index is 0.113. The van der Waals surface area contributed by atoms with Crippen molar-refractivity contribution in [2.45, 2.75) is 24.5 Å². The minimum Gasteiger partial charge on any atom is -0.386 e. The highest BCUT2D eigenvalue weighted by atomic mass is 31.2. The van der Waals surface area contributed by atoms with Crippen LogP contribution in [0.4, 0.5) is 5.82 Å². The van der Waals surface area contributed by atoms with E-state index < -0.39 is 38.3 Å². The lowest BCUT2D eigenvalue weighted by molar-refractivity contribution is -0.0676. The summed E-state index contributed by atoms with van der Waals surface area (Å²) in [5.74, 6) is -0.959. The Bertz CT molecular complexity index is 634. The number of anilines is 1. The minimum atomic E-state index is -4.22. The van der Waals surface area contributed by atoms with Gasteiger partial charge in [0.15, 0.2) is 17.7 Å². The van der Waals surface area contributed by atoms with E-state index in [2.05, 4.69) is 9.51 Å². The van der Waals surface area contributed by atoms with Gasteiger partial charge in [-0.1, -0.05) is 0 Å². The fourth-order valence-electron chi connectivity index (χ4n) is 2.39. The molecule has 1 amide bonds. The molecule has 1 aromatic heterocycles. The van der Waals surface area contributed by atoms with E-state index >= 15 is 0 Å². The first-order valence-corrected chi connectivity index (χ1v) is 7.41. The molecule has 0 saturated carbocycles. The molecule has 11 nitrogen and oxygen atoms in total. The van der Waals surface area contributed by atoms with Gasteiger partial charge in [-0.25, -0.2) is 9.55 Å². The number of nitrogens with zero attached hydrogens (tertiary/aromatic N) is 2. The number of carbonyl (C=O) groups excluding carboxylic acids is 1. The maximum atomic E-state index is 11.4. The number of nitrogens with two attached hydrogens (primary N) is 2.